The van der Waals surface area contributed by atoms with Crippen LogP contribution in [-0.2, 0) is 6.54 Å². The van der Waals surface area contributed by atoms with Crippen molar-refractivity contribution >= 4 is 17.4 Å². The second kappa shape index (κ2) is 4.56. The van der Waals surface area contributed by atoms with Gasteiger partial charge < -0.3 is 21.2 Å². The van der Waals surface area contributed by atoms with Crippen LogP contribution in [0.2, 0.25) is 0 Å². The van der Waals surface area contributed by atoms with Crippen LogP contribution in [0.3, 0.4) is 0 Å². The first-order valence-electron chi connectivity index (χ1n) is 4.99. The molecule has 0 saturated carbocycles. The van der Waals surface area contributed by atoms with Gasteiger partial charge in [0.05, 0.1) is 18.5 Å². The third-order valence-corrected chi connectivity index (χ3v) is 2.19. The summed E-state index contributed by atoms with van der Waals surface area (Å²) in [5.74, 6) is 0.569. The van der Waals surface area contributed by atoms with Crippen LogP contribution in [0.4, 0.5) is 11.5 Å². The number of nitrogens with two attached hydrogens (primary N) is 2. The molecule has 0 saturated heterocycles. The zero-order valence-electron chi connectivity index (χ0n) is 9.01. The van der Waals surface area contributed by atoms with Gasteiger partial charge in [-0.15, -0.1) is 0 Å². The van der Waals surface area contributed by atoms with Gasteiger partial charge in [-0.2, -0.15) is 0 Å². The summed E-state index contributed by atoms with van der Waals surface area (Å²) in [6.45, 7) is 0.437. The summed E-state index contributed by atoms with van der Waals surface area (Å²) in [5, 5.41) is 2.97. The molecule has 5 N–H and O–H groups in total. The zero-order valence-corrected chi connectivity index (χ0v) is 9.01. The molecule has 1 amide bonds. The van der Waals surface area contributed by atoms with Gasteiger partial charge in [0.25, 0.3) is 5.91 Å². The summed E-state index contributed by atoms with van der Waals surface area (Å²) >= 11 is 0. The Kier molecular flexibility index (Phi) is 2.95. The second-order valence-corrected chi connectivity index (χ2v) is 3.43. The Morgan fingerprint density at radius 3 is 2.88 bits per heavy atom. The molecule has 0 aromatic carbocycles. The van der Waals surface area contributed by atoms with E-state index in [2.05, 4.69) is 10.3 Å². The lowest BCUT2D eigenvalue weighted by atomic mass is 10.3. The number of carbonyl (C=O) groups is 1. The molecule has 2 aromatic heterocycles. The molecule has 0 bridgehead atoms. The molecule has 0 aliphatic heterocycles. The topological polar surface area (TPSA) is 107 Å². The fourth-order valence-electron chi connectivity index (χ4n) is 1.33. The molecule has 2 aromatic rings. The van der Waals surface area contributed by atoms with Gasteiger partial charge in [-0.25, -0.2) is 4.98 Å². The Hall–Kier alpha value is -2.50. The molecule has 17 heavy (non-hydrogen) atoms. The first-order valence-corrected chi connectivity index (χ1v) is 4.99. The highest BCUT2D eigenvalue weighted by atomic mass is 16.3. The van der Waals surface area contributed by atoms with Crippen molar-refractivity contribution in [1.82, 2.24) is 4.98 Å². The smallest absolute Gasteiger partial charge is 0.267 e. The minimum atomic E-state index is -0.592. The molecule has 88 valence electrons. The van der Waals surface area contributed by atoms with E-state index in [-0.39, 0.29) is 5.69 Å². The number of hydrogen-bond donors (Lipinski definition) is 3. The predicted octanol–water partition coefficient (Wildman–Crippen LogP) is 0.968. The number of nitrogens with one attached hydrogen (secondary N) is 1. The molecule has 2 rings (SSSR count). The average Bonchev–Trinajstić information content (AvgIpc) is 2.80. The van der Waals surface area contributed by atoms with E-state index in [1.807, 2.05) is 6.07 Å². The van der Waals surface area contributed by atoms with Crippen LogP contribution in [0.25, 0.3) is 0 Å². The lowest BCUT2D eigenvalue weighted by molar-refractivity contribution is 0.0996. The highest BCUT2D eigenvalue weighted by molar-refractivity contribution is 5.91. The summed E-state index contributed by atoms with van der Waals surface area (Å²) in [5.41, 5.74) is 11.5. The number of carbonyl (C=O) groups excluding carboxylic acids is 1. The Bertz CT molecular complexity index is 522. The van der Waals surface area contributed by atoms with Crippen LogP contribution in [0.1, 0.15) is 16.2 Å². The van der Waals surface area contributed by atoms with Crippen LogP contribution in [0.5, 0.6) is 0 Å². The maximum Gasteiger partial charge on any atom is 0.267 e. The highest BCUT2D eigenvalue weighted by Crippen LogP contribution is 2.16. The molecule has 0 unspecified atom stereocenters. The number of furan rings is 1. The SMILES string of the molecule is NC(=O)c1ccc(N)c(NCc2ccco2)n1. The number of nitrogens with zero attached hydrogens (tertiary/aromatic N) is 1. The summed E-state index contributed by atoms with van der Waals surface area (Å²) in [6, 6.07) is 6.67. The number of anilines is 2. The first kappa shape index (κ1) is 11.0. The largest absolute Gasteiger partial charge is 0.467 e. The van der Waals surface area contributed by atoms with E-state index in [9.17, 15) is 4.79 Å². The van der Waals surface area contributed by atoms with E-state index in [4.69, 9.17) is 15.9 Å². The maximum atomic E-state index is 11.0. The number of aromatic nitrogens is 1. The summed E-state index contributed by atoms with van der Waals surface area (Å²) < 4.78 is 5.15. The van der Waals surface area contributed by atoms with Crippen LogP contribution < -0.4 is 16.8 Å². The lowest BCUT2D eigenvalue weighted by Gasteiger charge is -2.07. The third-order valence-electron chi connectivity index (χ3n) is 2.19. The van der Waals surface area contributed by atoms with Crippen molar-refractivity contribution in [3.8, 4) is 0 Å². The van der Waals surface area contributed by atoms with Gasteiger partial charge >= 0.3 is 0 Å². The predicted molar refractivity (Wildman–Crippen MR) is 63.2 cm³/mol. The van der Waals surface area contributed by atoms with E-state index in [1.54, 1.807) is 18.4 Å². The van der Waals surface area contributed by atoms with E-state index < -0.39 is 5.91 Å². The number of primary amides is 1. The van der Waals surface area contributed by atoms with Gasteiger partial charge in [-0.05, 0) is 24.3 Å². The van der Waals surface area contributed by atoms with Gasteiger partial charge in [0.2, 0.25) is 0 Å². The van der Waals surface area contributed by atoms with Crippen molar-refractivity contribution in [3.63, 3.8) is 0 Å². The molecule has 2 heterocycles. The molecular formula is C11H12N4O2. The Morgan fingerprint density at radius 1 is 1.41 bits per heavy atom. The second-order valence-electron chi connectivity index (χ2n) is 3.43. The normalized spacial score (nSPS) is 10.1. The summed E-state index contributed by atoms with van der Waals surface area (Å²) in [4.78, 5) is 15.0. The fraction of sp³-hybridized carbons (Fsp3) is 0.0909. The van der Waals surface area contributed by atoms with E-state index >= 15 is 0 Å². The van der Waals surface area contributed by atoms with E-state index in [1.165, 1.54) is 6.07 Å². The molecule has 0 spiro atoms. The standard InChI is InChI=1S/C11H12N4O2/c12-8-3-4-9(10(13)16)15-11(8)14-6-7-2-1-5-17-7/h1-5H,6,12H2,(H2,13,16)(H,14,15). The van der Waals surface area contributed by atoms with Crippen LogP contribution in [-0.4, -0.2) is 10.9 Å². The molecule has 0 radical (unpaired) electrons. The van der Waals surface area contributed by atoms with Crippen LogP contribution in [0, 0.1) is 0 Å². The maximum absolute atomic E-state index is 11.0. The van der Waals surface area contributed by atoms with Crippen molar-refractivity contribution in [3.05, 3.63) is 42.0 Å². The molecule has 0 fully saturated rings. The van der Waals surface area contributed by atoms with Crippen molar-refractivity contribution in [2.24, 2.45) is 5.73 Å². The average molecular weight is 232 g/mol. The van der Waals surface area contributed by atoms with Crippen molar-refractivity contribution in [2.45, 2.75) is 6.54 Å². The monoisotopic (exact) mass is 232 g/mol. The fourth-order valence-corrected chi connectivity index (χ4v) is 1.33. The Morgan fingerprint density at radius 2 is 2.24 bits per heavy atom. The number of hydrogen-bond acceptors (Lipinski definition) is 5. The Balaban J connectivity index is 2.14. The van der Waals surface area contributed by atoms with Gasteiger partial charge in [0, 0.05) is 0 Å². The van der Waals surface area contributed by atoms with Crippen molar-refractivity contribution in [2.75, 3.05) is 11.1 Å². The zero-order chi connectivity index (χ0) is 12.3. The minimum absolute atomic E-state index is 0.168. The van der Waals surface area contributed by atoms with Crippen LogP contribution >= 0.6 is 0 Å². The van der Waals surface area contributed by atoms with Gasteiger partial charge in [0.15, 0.2) is 5.82 Å². The first-order chi connectivity index (χ1) is 8.16. The van der Waals surface area contributed by atoms with Crippen molar-refractivity contribution < 1.29 is 9.21 Å². The van der Waals surface area contributed by atoms with Gasteiger partial charge in [0.1, 0.15) is 11.5 Å². The lowest BCUT2D eigenvalue weighted by Crippen LogP contribution is -2.15. The highest BCUT2D eigenvalue weighted by Gasteiger charge is 2.07. The van der Waals surface area contributed by atoms with Gasteiger partial charge in [-0.3, -0.25) is 4.79 Å². The molecule has 6 heteroatoms. The van der Waals surface area contributed by atoms with E-state index in [0.29, 0.717) is 18.1 Å². The van der Waals surface area contributed by atoms with Gasteiger partial charge in [-0.1, -0.05) is 0 Å². The quantitative estimate of drug-likeness (QED) is 0.728. The van der Waals surface area contributed by atoms with Crippen molar-refractivity contribution in [1.29, 1.82) is 0 Å². The minimum Gasteiger partial charge on any atom is -0.467 e. The van der Waals surface area contributed by atoms with E-state index in [0.717, 1.165) is 5.76 Å². The molecule has 0 atom stereocenters. The summed E-state index contributed by atoms with van der Waals surface area (Å²) in [6.07, 6.45) is 1.58. The number of pyridine rings is 1. The number of amides is 1. The molecule has 6 nitrogen and oxygen atoms in total. The summed E-state index contributed by atoms with van der Waals surface area (Å²) in [7, 11) is 0. The molecule has 0 aliphatic carbocycles. The number of nitrogen functional groups attached to an aromatic ring is 1. The molecular weight excluding hydrogens is 220 g/mol. The molecule has 0 aliphatic rings. The van der Waals surface area contributed by atoms with Crippen LogP contribution in [0.15, 0.2) is 34.9 Å². The third kappa shape index (κ3) is 2.54. The number of rotatable bonds is 4. The Labute approximate surface area is 97.6 Å².